The highest BCUT2D eigenvalue weighted by atomic mass is 16.6. The van der Waals surface area contributed by atoms with Gasteiger partial charge in [-0.05, 0) is 64.1 Å². The third-order valence-electron chi connectivity index (χ3n) is 2.98. The summed E-state index contributed by atoms with van der Waals surface area (Å²) in [5.41, 5.74) is 0.221. The van der Waals surface area contributed by atoms with Crippen LogP contribution in [0.4, 0.5) is 10.5 Å². The van der Waals surface area contributed by atoms with Crippen molar-refractivity contribution in [3.63, 3.8) is 0 Å². The van der Waals surface area contributed by atoms with Crippen molar-refractivity contribution in [3.8, 4) is 11.6 Å². The number of hydrogen-bond donors (Lipinski definition) is 1. The molecule has 2 rings (SSSR count). The maximum atomic E-state index is 11.9. The van der Waals surface area contributed by atoms with Gasteiger partial charge >= 0.3 is 12.1 Å². The van der Waals surface area contributed by atoms with Crippen LogP contribution >= 0.6 is 0 Å². The number of amides is 1. The fraction of sp³-hybridized carbons (Fsp3) is 0.316. The molecule has 1 aromatic carbocycles. The van der Waals surface area contributed by atoms with E-state index >= 15 is 0 Å². The first-order chi connectivity index (χ1) is 12.3. The second kappa shape index (κ2) is 8.33. The smallest absolute Gasteiger partial charge is 0.412 e. The molecule has 1 aromatic heterocycles. The van der Waals surface area contributed by atoms with E-state index < -0.39 is 17.7 Å². The number of pyridine rings is 1. The monoisotopic (exact) mass is 358 g/mol. The fourth-order valence-electron chi connectivity index (χ4n) is 1.98. The van der Waals surface area contributed by atoms with Crippen molar-refractivity contribution >= 4 is 17.7 Å². The van der Waals surface area contributed by atoms with Crippen molar-refractivity contribution in [2.45, 2.75) is 33.3 Å². The van der Waals surface area contributed by atoms with Crippen LogP contribution in [0.3, 0.4) is 0 Å². The highest BCUT2D eigenvalue weighted by molar-refractivity contribution is 5.91. The highest BCUT2D eigenvalue weighted by Gasteiger charge is 2.17. The lowest BCUT2D eigenvalue weighted by molar-refractivity contribution is 0.0521. The predicted octanol–water partition coefficient (Wildman–Crippen LogP) is 4.40. The number of anilines is 1. The first kappa shape index (κ1) is 19.2. The van der Waals surface area contributed by atoms with Crippen LogP contribution in [-0.4, -0.2) is 29.3 Å². The maximum Gasteiger partial charge on any atom is 0.412 e. The van der Waals surface area contributed by atoms with E-state index in [1.807, 2.05) is 0 Å². The van der Waals surface area contributed by atoms with Gasteiger partial charge in [-0.15, -0.1) is 0 Å². The number of benzene rings is 1. The summed E-state index contributed by atoms with van der Waals surface area (Å²) in [6.07, 6.45) is 0.983. The molecule has 0 aliphatic rings. The molecule has 138 valence electrons. The van der Waals surface area contributed by atoms with Crippen LogP contribution in [0.15, 0.2) is 42.6 Å². The first-order valence-corrected chi connectivity index (χ1v) is 8.18. The van der Waals surface area contributed by atoms with E-state index in [1.165, 1.54) is 6.20 Å². The van der Waals surface area contributed by atoms with E-state index in [0.717, 1.165) is 0 Å². The number of hydrogen-bond acceptors (Lipinski definition) is 6. The Labute approximate surface area is 152 Å². The Balaban J connectivity index is 2.06. The summed E-state index contributed by atoms with van der Waals surface area (Å²) in [5, 5.41) is 2.63. The molecule has 0 saturated heterocycles. The van der Waals surface area contributed by atoms with E-state index in [9.17, 15) is 9.59 Å². The highest BCUT2D eigenvalue weighted by Crippen LogP contribution is 2.25. The average Bonchev–Trinajstić information content (AvgIpc) is 2.55. The van der Waals surface area contributed by atoms with Crippen LogP contribution in [0.5, 0.6) is 11.6 Å². The standard InChI is InChI=1S/C19H22N2O5/c1-5-24-17(22)15-7-6-12-20-16(15)25-14-10-8-13(9-11-14)21-18(23)26-19(2,3)4/h6-12H,5H2,1-4H3,(H,21,23). The Morgan fingerprint density at radius 2 is 1.81 bits per heavy atom. The summed E-state index contributed by atoms with van der Waals surface area (Å²) in [6, 6.07) is 9.83. The van der Waals surface area contributed by atoms with Crippen LogP contribution in [0, 0.1) is 0 Å². The molecule has 0 atom stereocenters. The van der Waals surface area contributed by atoms with Gasteiger partial charge < -0.3 is 14.2 Å². The van der Waals surface area contributed by atoms with Crippen LogP contribution in [0.1, 0.15) is 38.1 Å². The number of ether oxygens (including phenoxy) is 3. The number of aromatic nitrogens is 1. The van der Waals surface area contributed by atoms with Crippen molar-refractivity contribution in [2.75, 3.05) is 11.9 Å². The van der Waals surface area contributed by atoms with Crippen LogP contribution in [0.2, 0.25) is 0 Å². The Hall–Kier alpha value is -3.09. The van der Waals surface area contributed by atoms with Crippen LogP contribution < -0.4 is 10.1 Å². The summed E-state index contributed by atoms with van der Waals surface area (Å²) in [7, 11) is 0. The summed E-state index contributed by atoms with van der Waals surface area (Å²) in [6.45, 7) is 7.36. The van der Waals surface area contributed by atoms with E-state index in [-0.39, 0.29) is 18.1 Å². The molecular weight excluding hydrogens is 336 g/mol. The van der Waals surface area contributed by atoms with Gasteiger partial charge in [0.15, 0.2) is 0 Å². The lowest BCUT2D eigenvalue weighted by Crippen LogP contribution is -2.27. The maximum absolute atomic E-state index is 11.9. The van der Waals surface area contributed by atoms with Crippen molar-refractivity contribution in [1.29, 1.82) is 0 Å². The Bertz CT molecular complexity index is 766. The third kappa shape index (κ3) is 5.77. The molecule has 0 spiro atoms. The quantitative estimate of drug-likeness (QED) is 0.797. The van der Waals surface area contributed by atoms with Gasteiger partial charge in [0.2, 0.25) is 5.88 Å². The second-order valence-electron chi connectivity index (χ2n) is 6.33. The Morgan fingerprint density at radius 1 is 1.12 bits per heavy atom. The van der Waals surface area contributed by atoms with Crippen molar-refractivity contribution < 1.29 is 23.8 Å². The molecule has 0 aliphatic heterocycles. The van der Waals surface area contributed by atoms with Crippen molar-refractivity contribution in [2.24, 2.45) is 0 Å². The van der Waals surface area contributed by atoms with E-state index in [4.69, 9.17) is 14.2 Å². The zero-order valence-electron chi connectivity index (χ0n) is 15.2. The predicted molar refractivity (Wildman–Crippen MR) is 96.6 cm³/mol. The van der Waals surface area contributed by atoms with Gasteiger partial charge in [0.05, 0.1) is 6.61 Å². The lowest BCUT2D eigenvalue weighted by Gasteiger charge is -2.19. The van der Waals surface area contributed by atoms with Gasteiger partial charge in [0.25, 0.3) is 0 Å². The van der Waals surface area contributed by atoms with Gasteiger partial charge in [-0.2, -0.15) is 0 Å². The Morgan fingerprint density at radius 3 is 2.42 bits per heavy atom. The van der Waals surface area contributed by atoms with Crippen LogP contribution in [0.25, 0.3) is 0 Å². The van der Waals surface area contributed by atoms with Gasteiger partial charge in [0.1, 0.15) is 16.9 Å². The van der Waals surface area contributed by atoms with Crippen molar-refractivity contribution in [1.82, 2.24) is 4.98 Å². The summed E-state index contributed by atoms with van der Waals surface area (Å²) >= 11 is 0. The largest absolute Gasteiger partial charge is 0.462 e. The van der Waals surface area contributed by atoms with Gasteiger partial charge in [0, 0.05) is 11.9 Å². The SMILES string of the molecule is CCOC(=O)c1cccnc1Oc1ccc(NC(=O)OC(C)(C)C)cc1. The van der Waals surface area contributed by atoms with Gasteiger partial charge in [-0.3, -0.25) is 5.32 Å². The molecule has 7 nitrogen and oxygen atoms in total. The van der Waals surface area contributed by atoms with Gasteiger partial charge in [-0.25, -0.2) is 14.6 Å². The molecular formula is C19H22N2O5. The topological polar surface area (TPSA) is 86.8 Å². The molecule has 1 N–H and O–H groups in total. The number of rotatable bonds is 5. The molecule has 1 amide bonds. The van der Waals surface area contributed by atoms with E-state index in [2.05, 4.69) is 10.3 Å². The average molecular weight is 358 g/mol. The number of carbonyl (C=O) groups excluding carboxylic acids is 2. The molecule has 0 aliphatic carbocycles. The number of nitrogens with zero attached hydrogens (tertiary/aromatic N) is 1. The summed E-state index contributed by atoms with van der Waals surface area (Å²) < 4.78 is 15.8. The molecule has 2 aromatic rings. The van der Waals surface area contributed by atoms with E-state index in [0.29, 0.717) is 11.4 Å². The van der Waals surface area contributed by atoms with Crippen molar-refractivity contribution in [3.05, 3.63) is 48.2 Å². The molecule has 0 unspecified atom stereocenters. The molecule has 26 heavy (non-hydrogen) atoms. The number of nitrogens with one attached hydrogen (secondary N) is 1. The summed E-state index contributed by atoms with van der Waals surface area (Å²) in [5.74, 6) is 0.113. The molecule has 1 heterocycles. The number of esters is 1. The summed E-state index contributed by atoms with van der Waals surface area (Å²) in [4.78, 5) is 27.8. The minimum absolute atomic E-state index is 0.152. The molecule has 0 radical (unpaired) electrons. The van der Waals surface area contributed by atoms with Crippen LogP contribution in [-0.2, 0) is 9.47 Å². The fourth-order valence-corrected chi connectivity index (χ4v) is 1.98. The van der Waals surface area contributed by atoms with E-state index in [1.54, 1.807) is 64.1 Å². The lowest BCUT2D eigenvalue weighted by atomic mass is 10.2. The zero-order chi connectivity index (χ0) is 19.2. The molecule has 0 saturated carbocycles. The number of carbonyl (C=O) groups is 2. The molecule has 7 heteroatoms. The second-order valence-corrected chi connectivity index (χ2v) is 6.33. The third-order valence-corrected chi connectivity index (χ3v) is 2.98. The first-order valence-electron chi connectivity index (χ1n) is 8.18. The zero-order valence-corrected chi connectivity index (χ0v) is 15.2. The normalized spacial score (nSPS) is 10.8. The molecule has 0 bridgehead atoms. The minimum Gasteiger partial charge on any atom is -0.462 e. The minimum atomic E-state index is -0.574. The molecule has 0 fully saturated rings. The Kier molecular flexibility index (Phi) is 6.16. The van der Waals surface area contributed by atoms with Gasteiger partial charge in [-0.1, -0.05) is 0 Å².